The molecule has 4 N–H and O–H groups in total. The van der Waals surface area contributed by atoms with Crippen molar-refractivity contribution in [1.82, 2.24) is 36.0 Å². The van der Waals surface area contributed by atoms with Crippen molar-refractivity contribution in [3.05, 3.63) is 12.7 Å². The summed E-state index contributed by atoms with van der Waals surface area (Å²) >= 11 is 0. The molecule has 0 aromatic carbocycles. The Balaban J connectivity index is 1.83. The third kappa shape index (κ3) is 8.61. The molecule has 14 heteroatoms. The van der Waals surface area contributed by atoms with Gasteiger partial charge in [-0.1, -0.05) is 61.5 Å². The first-order valence-corrected chi connectivity index (χ1v) is 16.7. The van der Waals surface area contributed by atoms with Gasteiger partial charge in [-0.3, -0.25) is 28.9 Å². The summed E-state index contributed by atoms with van der Waals surface area (Å²) < 4.78 is 0. The van der Waals surface area contributed by atoms with Crippen molar-refractivity contribution in [2.75, 3.05) is 33.2 Å². The zero-order valence-corrected chi connectivity index (χ0v) is 30.3. The fourth-order valence-corrected chi connectivity index (χ4v) is 6.69. The highest BCUT2D eigenvalue weighted by atomic mass is 16.2. The van der Waals surface area contributed by atoms with Crippen LogP contribution in [0.3, 0.4) is 0 Å². The molecule has 1 saturated carbocycles. The Morgan fingerprint density at radius 3 is 2.18 bits per heavy atom. The number of terminal acetylenes is 1. The lowest BCUT2D eigenvalue weighted by Gasteiger charge is -2.39. The van der Waals surface area contributed by atoms with Crippen molar-refractivity contribution >= 4 is 41.5 Å². The number of nitrogens with one attached hydrogen (secondary N) is 4. The highest BCUT2D eigenvalue weighted by Crippen LogP contribution is 2.65. The maximum Gasteiger partial charge on any atom is 0.327 e. The van der Waals surface area contributed by atoms with Crippen LogP contribution >= 0.6 is 0 Å². The van der Waals surface area contributed by atoms with Gasteiger partial charge in [0.2, 0.25) is 23.5 Å². The Hall–Kier alpha value is -4.41. The second kappa shape index (κ2) is 14.6. The minimum Gasteiger partial charge on any atom is -0.346 e. The minimum atomic E-state index is -1.20. The number of hydrogen-bond donors (Lipinski definition) is 4. The average Bonchev–Trinajstić information content (AvgIpc) is 3.25. The predicted octanol–water partition coefficient (Wildman–Crippen LogP) is 1.26. The summed E-state index contributed by atoms with van der Waals surface area (Å²) in [7, 11) is 1.53. The summed E-state index contributed by atoms with van der Waals surface area (Å²) in [6.07, 6.45) is 7.02. The summed E-state index contributed by atoms with van der Waals surface area (Å²) in [5.41, 5.74) is -1.62. The third-order valence-corrected chi connectivity index (χ3v) is 9.94. The molecule has 0 aromatic rings. The number of urea groups is 2. The molecule has 3 rings (SSSR count). The van der Waals surface area contributed by atoms with Crippen LogP contribution < -0.4 is 21.3 Å². The van der Waals surface area contributed by atoms with Crippen LogP contribution in [0.4, 0.5) is 9.59 Å². The molecular weight excluding hydrogens is 630 g/mol. The van der Waals surface area contributed by atoms with Crippen molar-refractivity contribution in [2.24, 2.45) is 28.1 Å². The quantitative estimate of drug-likeness (QED) is 0.0978. The van der Waals surface area contributed by atoms with Crippen LogP contribution in [0.25, 0.3) is 0 Å². The fourth-order valence-electron chi connectivity index (χ4n) is 6.69. The van der Waals surface area contributed by atoms with Crippen LogP contribution in [0.5, 0.6) is 0 Å². The molecule has 8 amide bonds. The van der Waals surface area contributed by atoms with Gasteiger partial charge in [0.25, 0.3) is 5.91 Å². The first kappa shape index (κ1) is 39.0. The smallest absolute Gasteiger partial charge is 0.327 e. The van der Waals surface area contributed by atoms with Crippen LogP contribution in [0.2, 0.25) is 0 Å². The van der Waals surface area contributed by atoms with Crippen molar-refractivity contribution in [3.63, 3.8) is 0 Å². The van der Waals surface area contributed by atoms with Crippen LogP contribution in [-0.2, 0) is 24.0 Å². The number of imide groups is 1. The van der Waals surface area contributed by atoms with E-state index in [0.717, 1.165) is 4.90 Å². The molecule has 1 aliphatic carbocycles. The Morgan fingerprint density at radius 1 is 1.04 bits per heavy atom. The van der Waals surface area contributed by atoms with E-state index in [1.165, 1.54) is 22.9 Å². The molecule has 270 valence electrons. The van der Waals surface area contributed by atoms with Gasteiger partial charge in [0.1, 0.15) is 18.6 Å². The van der Waals surface area contributed by atoms with E-state index in [4.69, 9.17) is 6.42 Å². The fraction of sp³-hybridized carbons (Fsp3) is 0.686. The van der Waals surface area contributed by atoms with Gasteiger partial charge in [0.15, 0.2) is 0 Å². The van der Waals surface area contributed by atoms with Crippen molar-refractivity contribution in [3.8, 4) is 12.3 Å². The van der Waals surface area contributed by atoms with Gasteiger partial charge in [0, 0.05) is 26.6 Å². The lowest BCUT2D eigenvalue weighted by molar-refractivity contribution is -0.145. The molecule has 2 saturated heterocycles. The van der Waals surface area contributed by atoms with Gasteiger partial charge in [-0.05, 0) is 34.5 Å². The molecule has 0 bridgehead atoms. The van der Waals surface area contributed by atoms with E-state index < -0.39 is 70.6 Å². The number of carbonyl (C=O) groups is 7. The number of ketones is 1. The SMILES string of the molecule is C#CCCC(NC(=O)[C@@H]1C2C(CN1C(=O)[C@@H](NC(=O)N[C@H](CN1C(=O)CN(C)C1=O)C(C)(C)C)C(C)(C)C)C2(C)C)C(=O)C(=O)NCC=C. The number of likely N-dealkylation sites (N-methyl/N-ethyl adjacent to an activating group) is 1. The van der Waals surface area contributed by atoms with Gasteiger partial charge < -0.3 is 31.1 Å². The Morgan fingerprint density at radius 2 is 1.67 bits per heavy atom. The van der Waals surface area contributed by atoms with Crippen molar-refractivity contribution < 1.29 is 33.6 Å². The number of fused-ring (bicyclic) bond motifs is 1. The van der Waals surface area contributed by atoms with Gasteiger partial charge in [-0.2, -0.15) is 0 Å². The Bertz CT molecular complexity index is 1420. The molecule has 2 aliphatic heterocycles. The first-order chi connectivity index (χ1) is 22.6. The van der Waals surface area contributed by atoms with E-state index in [-0.39, 0.29) is 62.2 Å². The molecule has 3 aliphatic rings. The Labute approximate surface area is 289 Å². The summed E-state index contributed by atoms with van der Waals surface area (Å²) in [5.74, 6) is -0.910. The molecule has 0 radical (unpaired) electrons. The van der Waals surface area contributed by atoms with Crippen molar-refractivity contribution in [1.29, 1.82) is 0 Å². The molecular formula is C35H53N7O7. The lowest BCUT2D eigenvalue weighted by atomic mass is 9.85. The third-order valence-electron chi connectivity index (χ3n) is 9.94. The second-order valence-corrected chi connectivity index (χ2v) is 16.0. The zero-order chi connectivity index (χ0) is 37.2. The predicted molar refractivity (Wildman–Crippen MR) is 182 cm³/mol. The van der Waals surface area contributed by atoms with Gasteiger partial charge in [-0.15, -0.1) is 18.9 Å². The van der Waals surface area contributed by atoms with Crippen LogP contribution in [0.15, 0.2) is 12.7 Å². The highest BCUT2D eigenvalue weighted by molar-refractivity contribution is 6.38. The number of carbonyl (C=O) groups excluding carboxylic acids is 7. The highest BCUT2D eigenvalue weighted by Gasteiger charge is 2.70. The molecule has 49 heavy (non-hydrogen) atoms. The molecule has 0 aromatic heterocycles. The Kier molecular flexibility index (Phi) is 11.6. The monoisotopic (exact) mass is 683 g/mol. The minimum absolute atomic E-state index is 0.0105. The summed E-state index contributed by atoms with van der Waals surface area (Å²) in [6, 6.07) is -5.00. The lowest BCUT2D eigenvalue weighted by Crippen LogP contribution is -2.63. The average molecular weight is 684 g/mol. The van der Waals surface area contributed by atoms with E-state index in [1.54, 1.807) is 20.8 Å². The number of Topliss-reactive ketones (excluding diaryl/α,β-unsaturated/α-hetero) is 1. The molecule has 3 unspecified atom stereocenters. The topological polar surface area (TPSA) is 177 Å². The summed E-state index contributed by atoms with van der Waals surface area (Å²) in [5, 5.41) is 10.8. The number of amides is 8. The molecule has 14 nitrogen and oxygen atoms in total. The first-order valence-electron chi connectivity index (χ1n) is 16.7. The number of piperidine rings is 1. The van der Waals surface area contributed by atoms with E-state index in [1.807, 2.05) is 34.6 Å². The molecule has 6 atom stereocenters. The van der Waals surface area contributed by atoms with Crippen molar-refractivity contribution in [2.45, 2.75) is 92.4 Å². The second-order valence-electron chi connectivity index (χ2n) is 16.0. The van der Waals surface area contributed by atoms with Crippen LogP contribution in [0, 0.1) is 40.4 Å². The normalized spacial score (nSPS) is 23.1. The maximum absolute atomic E-state index is 14.4. The van der Waals surface area contributed by atoms with Gasteiger partial charge in [-0.25, -0.2) is 9.59 Å². The van der Waals surface area contributed by atoms with Crippen LogP contribution in [0.1, 0.15) is 68.2 Å². The van der Waals surface area contributed by atoms with E-state index in [9.17, 15) is 33.6 Å². The number of nitrogens with zero attached hydrogens (tertiary/aromatic N) is 3. The van der Waals surface area contributed by atoms with E-state index in [2.05, 4.69) is 33.8 Å². The largest absolute Gasteiger partial charge is 0.346 e. The van der Waals surface area contributed by atoms with E-state index >= 15 is 0 Å². The zero-order valence-electron chi connectivity index (χ0n) is 30.3. The number of likely N-dealkylation sites (tertiary alicyclic amines) is 1. The standard InChI is InChI=1S/C35H53N7O7/c1-12-14-15-21(26(44)29(46)36-16-13-2)37-28(45)25-24-20(35(24,9)10)17-42(25)30(47)27(34(6,7)8)39-31(48)38-22(33(3,4)5)18-41-23(43)19-40(11)32(41)49/h1,13,20-22,24-25,27H,2,14-19H2,3-11H3,(H,36,46)(H,37,45)(H2,38,39,48)/t20?,21?,22-,24?,25+,27-/m1/s1. The summed E-state index contributed by atoms with van der Waals surface area (Å²) in [6.45, 7) is 18.8. The summed E-state index contributed by atoms with van der Waals surface area (Å²) in [4.78, 5) is 96.3. The van der Waals surface area contributed by atoms with E-state index in [0.29, 0.717) is 0 Å². The van der Waals surface area contributed by atoms with Crippen LogP contribution in [-0.4, -0.2) is 114 Å². The molecule has 0 spiro atoms. The molecule has 2 heterocycles. The van der Waals surface area contributed by atoms with Gasteiger partial charge in [0.05, 0.1) is 18.6 Å². The number of hydrogen-bond acceptors (Lipinski definition) is 7. The molecule has 3 fully saturated rings. The maximum atomic E-state index is 14.4. The van der Waals surface area contributed by atoms with Gasteiger partial charge >= 0.3 is 12.1 Å². The number of rotatable bonds is 13.